The third-order valence-corrected chi connectivity index (χ3v) is 4.01. The number of H-pyrrole nitrogens is 2. The Morgan fingerprint density at radius 1 is 0.868 bits per heavy atom. The van der Waals surface area contributed by atoms with Crippen LogP contribution in [0.5, 0.6) is 0 Å². The molecule has 8 N–H and O–H groups in total. The van der Waals surface area contributed by atoms with Crippen molar-refractivity contribution in [1.82, 2.24) is 9.97 Å². The molecule has 0 aliphatic carbocycles. The molecule has 1 atom stereocenters. The molecule has 38 heavy (non-hydrogen) atoms. The summed E-state index contributed by atoms with van der Waals surface area (Å²) in [6, 6.07) is 1.07. The van der Waals surface area contributed by atoms with Crippen LogP contribution in [0.25, 0.3) is 0 Å². The smallest absolute Gasteiger partial charge is 0.327 e. The Morgan fingerprint density at radius 3 is 1.68 bits per heavy atom. The Kier molecular flexibility index (Phi) is 24.6. The summed E-state index contributed by atoms with van der Waals surface area (Å²) in [5.41, 5.74) is 13.2. The molecule has 0 fully saturated rings. The van der Waals surface area contributed by atoms with E-state index in [4.69, 9.17) is 39.5 Å². The summed E-state index contributed by atoms with van der Waals surface area (Å²) >= 11 is 0. The monoisotopic (exact) mass is 548 g/mol. The van der Waals surface area contributed by atoms with Crippen LogP contribution >= 0.6 is 0 Å². The largest absolute Gasteiger partial charge is 0.465 e. The zero-order valence-corrected chi connectivity index (χ0v) is 22.0. The number of primary amides is 2. The average Bonchev–Trinajstić information content (AvgIpc) is 2.80. The number of aromatic nitrogens is 2. The lowest BCUT2D eigenvalue weighted by atomic mass is 10.1. The van der Waals surface area contributed by atoms with Gasteiger partial charge in [-0.15, -0.1) is 0 Å². The molecular formula is C23H44N6O9. The molecule has 0 saturated carbocycles. The van der Waals surface area contributed by atoms with Gasteiger partial charge < -0.3 is 40.9 Å². The van der Waals surface area contributed by atoms with E-state index in [0.717, 1.165) is 0 Å². The Labute approximate surface area is 222 Å². The molecule has 0 aliphatic heterocycles. The number of nitrogen functional groups attached to an aromatic ring is 1. The van der Waals surface area contributed by atoms with Crippen molar-refractivity contribution < 1.29 is 33.3 Å². The first kappa shape index (κ1) is 39.1. The number of carbonyl (C=O) groups is 2. The van der Waals surface area contributed by atoms with Crippen molar-refractivity contribution in [1.29, 1.82) is 5.26 Å². The van der Waals surface area contributed by atoms with Crippen molar-refractivity contribution in [3.05, 3.63) is 26.4 Å². The number of nitriles is 1. The molecule has 1 aromatic rings. The number of anilines is 1. The minimum atomic E-state index is -0.833. The first-order chi connectivity index (χ1) is 17.5. The summed E-state index contributed by atoms with van der Waals surface area (Å²) in [5.74, 6) is -1.30. The average molecular weight is 549 g/mol. The van der Waals surface area contributed by atoms with E-state index < -0.39 is 41.7 Å². The molecule has 15 heteroatoms. The quantitative estimate of drug-likeness (QED) is 0.160. The number of ether oxygens (including phenoxy) is 5. The maximum atomic E-state index is 11.5. The van der Waals surface area contributed by atoms with Gasteiger partial charge in [-0.2, -0.15) is 5.26 Å². The maximum Gasteiger partial charge on any atom is 0.327 e. The van der Waals surface area contributed by atoms with Gasteiger partial charge in [-0.25, -0.2) is 9.59 Å². The lowest BCUT2D eigenvalue weighted by Gasteiger charge is -2.18. The summed E-state index contributed by atoms with van der Waals surface area (Å²) in [7, 11) is 0. The van der Waals surface area contributed by atoms with Gasteiger partial charge in [0.2, 0.25) is 0 Å². The number of nitrogens with zero attached hydrogens (tertiary/aromatic N) is 1. The standard InChI is InChI=1S/C11H19NO4.C10H17N3O4.CH4N2O.CH4/c1-4-14-10(15-5-2)7-9(8-12)11(13)16-6-3;1-3-16-7(17-4-2)5-6-8(11)12-10(15)13-9(6)14;2-1(3)4;/h9-10H,4-7H2,1-3H3;7H,3-5H2,1-2H3,(H4,11,12,13,14,15);(H4,2,3,4);1H4. The Balaban J connectivity index is -0.000000553. The highest BCUT2D eigenvalue weighted by molar-refractivity contribution is 5.75. The highest BCUT2D eigenvalue weighted by Gasteiger charge is 2.24. The SMILES string of the molecule is C.CCOC(=O)C(C#N)CC(OCC)OCC.CCOC(Cc1c(N)[nH]c(=O)[nH]c1=O)OCC.NC(N)=O. The topological polar surface area (TPSA) is 248 Å². The molecule has 1 unspecified atom stereocenters. The van der Waals surface area contributed by atoms with Crippen LogP contribution in [0.15, 0.2) is 9.59 Å². The van der Waals surface area contributed by atoms with E-state index in [-0.39, 0.29) is 38.3 Å². The fourth-order valence-corrected chi connectivity index (χ4v) is 2.63. The van der Waals surface area contributed by atoms with Gasteiger partial charge in [-0.05, 0) is 34.6 Å². The third kappa shape index (κ3) is 18.8. The minimum absolute atomic E-state index is 0. The Morgan fingerprint density at radius 2 is 1.32 bits per heavy atom. The number of aromatic amines is 2. The van der Waals surface area contributed by atoms with E-state index in [9.17, 15) is 14.4 Å². The molecule has 0 aliphatic rings. The molecule has 1 aromatic heterocycles. The van der Waals surface area contributed by atoms with Crippen molar-refractivity contribution in [2.45, 2.75) is 67.5 Å². The number of rotatable bonds is 14. The summed E-state index contributed by atoms with van der Waals surface area (Å²) in [4.78, 5) is 47.3. The zero-order valence-electron chi connectivity index (χ0n) is 22.0. The third-order valence-electron chi connectivity index (χ3n) is 4.01. The predicted octanol–water partition coefficient (Wildman–Crippen LogP) is 0.725. The molecule has 0 bridgehead atoms. The lowest BCUT2D eigenvalue weighted by molar-refractivity contribution is -0.161. The highest BCUT2D eigenvalue weighted by atomic mass is 16.7. The van der Waals surface area contributed by atoms with Crippen LogP contribution in [0.3, 0.4) is 0 Å². The lowest BCUT2D eigenvalue weighted by Crippen LogP contribution is -2.31. The van der Waals surface area contributed by atoms with Crippen molar-refractivity contribution in [3.8, 4) is 6.07 Å². The Bertz CT molecular complexity index is 913. The van der Waals surface area contributed by atoms with Gasteiger partial charge in [0.25, 0.3) is 5.56 Å². The van der Waals surface area contributed by atoms with Crippen LogP contribution in [-0.4, -0.2) is 67.6 Å². The molecule has 15 nitrogen and oxygen atoms in total. The fourth-order valence-electron chi connectivity index (χ4n) is 2.63. The number of esters is 1. The zero-order chi connectivity index (χ0) is 28.8. The number of carbonyl (C=O) groups excluding carboxylic acids is 2. The Hall–Kier alpha value is -3.45. The molecule has 0 aromatic carbocycles. The van der Waals surface area contributed by atoms with Crippen molar-refractivity contribution in [2.75, 3.05) is 38.8 Å². The van der Waals surface area contributed by atoms with E-state index in [1.165, 1.54) is 0 Å². The summed E-state index contributed by atoms with van der Waals surface area (Å²) < 4.78 is 25.9. The minimum Gasteiger partial charge on any atom is -0.465 e. The van der Waals surface area contributed by atoms with Crippen LogP contribution in [-0.2, 0) is 34.9 Å². The van der Waals surface area contributed by atoms with Crippen molar-refractivity contribution >= 4 is 17.8 Å². The molecule has 0 spiro atoms. The van der Waals surface area contributed by atoms with Gasteiger partial charge in [-0.1, -0.05) is 7.43 Å². The summed E-state index contributed by atoms with van der Waals surface area (Å²) in [6.07, 6.45) is -0.667. The van der Waals surface area contributed by atoms with Crippen LogP contribution in [0.1, 0.15) is 54.0 Å². The van der Waals surface area contributed by atoms with Crippen molar-refractivity contribution in [3.63, 3.8) is 0 Å². The second kappa shape index (κ2) is 23.9. The van der Waals surface area contributed by atoms with Crippen molar-refractivity contribution in [2.24, 2.45) is 17.4 Å². The molecule has 0 saturated heterocycles. The second-order valence-electron chi connectivity index (χ2n) is 6.76. The first-order valence-electron chi connectivity index (χ1n) is 11.7. The molecule has 0 radical (unpaired) electrons. The normalized spacial score (nSPS) is 10.7. The van der Waals surface area contributed by atoms with Crippen LogP contribution in [0.2, 0.25) is 0 Å². The molecule has 1 rings (SSSR count). The van der Waals surface area contributed by atoms with Crippen LogP contribution in [0.4, 0.5) is 10.6 Å². The second-order valence-corrected chi connectivity index (χ2v) is 6.76. The number of nitrogens with two attached hydrogens (primary N) is 3. The predicted molar refractivity (Wildman–Crippen MR) is 141 cm³/mol. The van der Waals surface area contributed by atoms with E-state index in [2.05, 4.69) is 21.4 Å². The number of hydrogen-bond donors (Lipinski definition) is 5. The molecular weight excluding hydrogens is 504 g/mol. The molecule has 1 heterocycles. The van der Waals surface area contributed by atoms with Gasteiger partial charge in [0.15, 0.2) is 12.6 Å². The number of hydrogen-bond acceptors (Lipinski definition) is 11. The van der Waals surface area contributed by atoms with Gasteiger partial charge in [-0.3, -0.25) is 19.6 Å². The summed E-state index contributed by atoms with van der Waals surface area (Å²) in [5, 5.41) is 8.85. The highest BCUT2D eigenvalue weighted by Crippen LogP contribution is 2.12. The fraction of sp³-hybridized carbons (Fsp3) is 0.696. The number of amides is 2. The van der Waals surface area contributed by atoms with Gasteiger partial charge in [0.1, 0.15) is 11.7 Å². The maximum absolute atomic E-state index is 11.5. The van der Waals surface area contributed by atoms with Gasteiger partial charge >= 0.3 is 17.7 Å². The van der Waals surface area contributed by atoms with E-state index >= 15 is 0 Å². The van der Waals surface area contributed by atoms with Gasteiger partial charge in [0.05, 0.1) is 18.2 Å². The number of nitrogens with one attached hydrogen (secondary N) is 2. The summed E-state index contributed by atoms with van der Waals surface area (Å²) in [6.45, 7) is 11.2. The van der Waals surface area contributed by atoms with Crippen LogP contribution < -0.4 is 28.5 Å². The number of urea groups is 1. The first-order valence-corrected chi connectivity index (χ1v) is 11.7. The van der Waals surface area contributed by atoms with Crippen LogP contribution in [0, 0.1) is 17.2 Å². The van der Waals surface area contributed by atoms with E-state index in [1.54, 1.807) is 6.92 Å². The molecule has 220 valence electrons. The molecule has 2 amide bonds. The van der Waals surface area contributed by atoms with E-state index in [1.807, 2.05) is 33.8 Å². The van der Waals surface area contributed by atoms with E-state index in [0.29, 0.717) is 26.4 Å². The van der Waals surface area contributed by atoms with Gasteiger partial charge in [0, 0.05) is 39.3 Å².